The molecular weight excluding hydrogens is 362 g/mol. The Kier molecular flexibility index (Phi) is 6.78. The molecule has 0 saturated carbocycles. The molecule has 152 valence electrons. The monoisotopic (exact) mass is 390 g/mol. The molecule has 1 fully saturated rings. The average molecular weight is 390 g/mol. The van der Waals surface area contributed by atoms with Crippen LogP contribution in [-0.2, 0) is 11.3 Å². The summed E-state index contributed by atoms with van der Waals surface area (Å²) < 4.78 is 28.8. The third kappa shape index (κ3) is 4.76. The summed E-state index contributed by atoms with van der Waals surface area (Å²) in [6.45, 7) is 6.60. The predicted octanol–water partition coefficient (Wildman–Crippen LogP) is 3.65. The molecule has 0 radical (unpaired) electrons. The third-order valence-corrected chi connectivity index (χ3v) is 5.36. The molecule has 3 rings (SSSR count). The number of likely N-dealkylation sites (tertiary alicyclic amines) is 1. The Labute approximate surface area is 164 Å². The summed E-state index contributed by atoms with van der Waals surface area (Å²) in [7, 11) is 0. The van der Waals surface area contributed by atoms with Gasteiger partial charge in [-0.25, -0.2) is 13.5 Å². The first kappa shape index (κ1) is 20.5. The first-order valence-corrected chi connectivity index (χ1v) is 9.96. The molecule has 28 heavy (non-hydrogen) atoms. The molecule has 0 atom stereocenters. The van der Waals surface area contributed by atoms with Crippen LogP contribution in [-0.4, -0.2) is 40.2 Å². The number of amides is 1. The largest absolute Gasteiger partial charge is 0.343 e. The van der Waals surface area contributed by atoms with E-state index in [9.17, 15) is 13.6 Å². The summed E-state index contributed by atoms with van der Waals surface area (Å²) in [4.78, 5) is 14.3. The molecule has 1 N–H and O–H groups in total. The third-order valence-electron chi connectivity index (χ3n) is 5.36. The number of halogens is 2. The molecule has 1 amide bonds. The van der Waals surface area contributed by atoms with E-state index in [0.29, 0.717) is 19.5 Å². The van der Waals surface area contributed by atoms with Gasteiger partial charge in [0.15, 0.2) is 5.82 Å². The van der Waals surface area contributed by atoms with Crippen molar-refractivity contribution in [2.75, 3.05) is 19.6 Å². The molecule has 1 aliphatic heterocycles. The van der Waals surface area contributed by atoms with Crippen molar-refractivity contribution in [3.05, 3.63) is 46.8 Å². The van der Waals surface area contributed by atoms with Gasteiger partial charge in [0, 0.05) is 49.9 Å². The summed E-state index contributed by atoms with van der Waals surface area (Å²) in [5, 5.41) is 7.71. The minimum absolute atomic E-state index is 0.201. The summed E-state index contributed by atoms with van der Waals surface area (Å²) in [6, 6.07) is 3.47. The highest BCUT2D eigenvalue weighted by Crippen LogP contribution is 2.20. The van der Waals surface area contributed by atoms with Gasteiger partial charge in [-0.15, -0.1) is 0 Å². The highest BCUT2D eigenvalue weighted by atomic mass is 19.1. The molecule has 0 bridgehead atoms. The molecule has 0 spiro atoms. The summed E-state index contributed by atoms with van der Waals surface area (Å²) >= 11 is 0. The summed E-state index contributed by atoms with van der Waals surface area (Å²) in [5.74, 6) is -1.06. The Hall–Kier alpha value is -2.28. The molecule has 5 nitrogen and oxygen atoms in total. The van der Waals surface area contributed by atoms with E-state index in [-0.39, 0.29) is 11.6 Å². The second kappa shape index (κ2) is 9.28. The van der Waals surface area contributed by atoms with E-state index in [1.54, 1.807) is 0 Å². The van der Waals surface area contributed by atoms with Gasteiger partial charge in [0.05, 0.1) is 5.69 Å². The van der Waals surface area contributed by atoms with Crippen molar-refractivity contribution in [3.63, 3.8) is 0 Å². The fourth-order valence-corrected chi connectivity index (χ4v) is 3.71. The number of hydrogen-bond donors (Lipinski definition) is 1. The lowest BCUT2D eigenvalue weighted by atomic mass is 10.2. The zero-order valence-corrected chi connectivity index (χ0v) is 16.6. The van der Waals surface area contributed by atoms with Crippen molar-refractivity contribution in [1.82, 2.24) is 20.0 Å². The van der Waals surface area contributed by atoms with Crippen molar-refractivity contribution < 1.29 is 13.6 Å². The lowest BCUT2D eigenvalue weighted by Gasteiger charge is -2.20. The van der Waals surface area contributed by atoms with Crippen molar-refractivity contribution >= 4 is 5.91 Å². The Balaban J connectivity index is 1.58. The maximum Gasteiger partial charge on any atom is 0.223 e. The van der Waals surface area contributed by atoms with Crippen LogP contribution in [0.15, 0.2) is 18.2 Å². The molecule has 2 aromatic rings. The van der Waals surface area contributed by atoms with Crippen LogP contribution >= 0.6 is 0 Å². The van der Waals surface area contributed by atoms with Crippen LogP contribution in [0.5, 0.6) is 0 Å². The number of aromatic nitrogens is 2. The van der Waals surface area contributed by atoms with E-state index in [0.717, 1.165) is 48.9 Å². The Bertz CT molecular complexity index is 826. The SMILES string of the molecule is Cc1nn(-c2ccc(F)cc2F)c(C)c1CNCCC(=O)N1CCCCCC1. The van der Waals surface area contributed by atoms with Gasteiger partial charge in [-0.1, -0.05) is 12.8 Å². The molecular formula is C21H28F2N4O. The van der Waals surface area contributed by atoms with E-state index in [2.05, 4.69) is 10.4 Å². The number of carbonyl (C=O) groups excluding carboxylic acids is 1. The average Bonchev–Trinajstić information content (AvgIpc) is 2.85. The van der Waals surface area contributed by atoms with Crippen molar-refractivity contribution in [2.24, 2.45) is 0 Å². The topological polar surface area (TPSA) is 50.2 Å². The van der Waals surface area contributed by atoms with E-state index >= 15 is 0 Å². The second-order valence-electron chi connectivity index (χ2n) is 7.38. The lowest BCUT2D eigenvalue weighted by molar-refractivity contribution is -0.131. The summed E-state index contributed by atoms with van der Waals surface area (Å²) in [5.41, 5.74) is 2.78. The molecule has 0 unspecified atom stereocenters. The van der Waals surface area contributed by atoms with Gasteiger partial charge in [0.1, 0.15) is 11.5 Å². The molecule has 2 heterocycles. The van der Waals surface area contributed by atoms with Gasteiger partial charge in [-0.05, 0) is 38.8 Å². The molecule has 0 aliphatic carbocycles. The lowest BCUT2D eigenvalue weighted by Crippen LogP contribution is -2.33. The van der Waals surface area contributed by atoms with Crippen LogP contribution in [0.1, 0.15) is 49.1 Å². The first-order chi connectivity index (χ1) is 13.5. The van der Waals surface area contributed by atoms with Crippen LogP contribution in [0.3, 0.4) is 0 Å². The number of hydrogen-bond acceptors (Lipinski definition) is 3. The number of carbonyl (C=O) groups is 1. The van der Waals surface area contributed by atoms with Crippen LogP contribution < -0.4 is 5.32 Å². The molecule has 1 aromatic carbocycles. The maximum absolute atomic E-state index is 14.1. The summed E-state index contributed by atoms with van der Waals surface area (Å²) in [6.07, 6.45) is 5.07. The Morgan fingerprint density at radius 3 is 2.54 bits per heavy atom. The standard InChI is InChI=1S/C21H28F2N4O/c1-15-18(14-24-10-9-21(28)26-11-5-3-4-6-12-26)16(2)27(25-15)20-8-7-17(22)13-19(20)23/h7-8,13,24H,3-6,9-12,14H2,1-2H3. The highest BCUT2D eigenvalue weighted by molar-refractivity contribution is 5.76. The van der Waals surface area contributed by atoms with Gasteiger partial charge < -0.3 is 10.2 Å². The number of nitrogens with one attached hydrogen (secondary N) is 1. The van der Waals surface area contributed by atoms with Crippen molar-refractivity contribution in [2.45, 2.75) is 52.5 Å². The minimum Gasteiger partial charge on any atom is -0.343 e. The quantitative estimate of drug-likeness (QED) is 0.766. The normalized spacial score (nSPS) is 14.9. The van der Waals surface area contributed by atoms with Crippen LogP contribution in [0.25, 0.3) is 5.69 Å². The van der Waals surface area contributed by atoms with Gasteiger partial charge in [0.25, 0.3) is 0 Å². The van der Waals surface area contributed by atoms with Crippen molar-refractivity contribution in [3.8, 4) is 5.69 Å². The minimum atomic E-state index is -0.645. The Morgan fingerprint density at radius 2 is 1.86 bits per heavy atom. The van der Waals surface area contributed by atoms with Gasteiger partial charge in [-0.2, -0.15) is 5.10 Å². The fourth-order valence-electron chi connectivity index (χ4n) is 3.71. The van der Waals surface area contributed by atoms with Gasteiger partial charge >= 0.3 is 0 Å². The number of rotatable bonds is 6. The zero-order chi connectivity index (χ0) is 20.1. The molecule has 7 heteroatoms. The maximum atomic E-state index is 14.1. The molecule has 1 saturated heterocycles. The van der Waals surface area contributed by atoms with Gasteiger partial charge in [0.2, 0.25) is 5.91 Å². The van der Waals surface area contributed by atoms with E-state index in [1.165, 1.54) is 29.7 Å². The fraction of sp³-hybridized carbons (Fsp3) is 0.524. The van der Waals surface area contributed by atoms with Crippen LogP contribution in [0.2, 0.25) is 0 Å². The number of benzene rings is 1. The van der Waals surface area contributed by atoms with E-state index < -0.39 is 11.6 Å². The van der Waals surface area contributed by atoms with Gasteiger partial charge in [-0.3, -0.25) is 4.79 Å². The smallest absolute Gasteiger partial charge is 0.223 e. The highest BCUT2D eigenvalue weighted by Gasteiger charge is 2.17. The van der Waals surface area contributed by atoms with Crippen molar-refractivity contribution in [1.29, 1.82) is 0 Å². The van der Waals surface area contributed by atoms with E-state index in [4.69, 9.17) is 0 Å². The van der Waals surface area contributed by atoms with Crippen LogP contribution in [0.4, 0.5) is 8.78 Å². The number of aryl methyl sites for hydroxylation is 1. The predicted molar refractivity (Wildman–Crippen MR) is 104 cm³/mol. The first-order valence-electron chi connectivity index (χ1n) is 9.96. The van der Waals surface area contributed by atoms with Crippen LogP contribution in [0, 0.1) is 25.5 Å². The molecule has 1 aliphatic rings. The zero-order valence-electron chi connectivity index (χ0n) is 16.6. The number of nitrogens with zero attached hydrogens (tertiary/aromatic N) is 3. The Morgan fingerprint density at radius 1 is 1.14 bits per heavy atom. The molecule has 1 aromatic heterocycles. The van der Waals surface area contributed by atoms with E-state index in [1.807, 2.05) is 18.7 Å². The second-order valence-corrected chi connectivity index (χ2v) is 7.38.